The summed E-state index contributed by atoms with van der Waals surface area (Å²) in [5.41, 5.74) is -0.241. The molecule has 0 saturated carbocycles. The summed E-state index contributed by atoms with van der Waals surface area (Å²) in [5.74, 6) is 0. The van der Waals surface area contributed by atoms with Crippen molar-refractivity contribution in [2.45, 2.75) is 6.04 Å². The van der Waals surface area contributed by atoms with Gasteiger partial charge in [-0.2, -0.15) is 5.10 Å². The van der Waals surface area contributed by atoms with Crippen molar-refractivity contribution in [3.05, 3.63) is 21.6 Å². The highest BCUT2D eigenvalue weighted by Crippen LogP contribution is 2.14. The summed E-state index contributed by atoms with van der Waals surface area (Å²) in [6, 6.07) is -0.559. The van der Waals surface area contributed by atoms with Crippen molar-refractivity contribution in [2.75, 3.05) is 18.5 Å². The lowest BCUT2D eigenvalue weighted by Crippen LogP contribution is -2.28. The van der Waals surface area contributed by atoms with E-state index in [9.17, 15) is 4.79 Å². The molecule has 1 aromatic heterocycles. The summed E-state index contributed by atoms with van der Waals surface area (Å²) in [7, 11) is 0. The molecule has 0 aromatic carbocycles. The van der Waals surface area contributed by atoms with Gasteiger partial charge in [0.1, 0.15) is 5.02 Å². The molecule has 0 radical (unpaired) electrons. The molecule has 78 valence electrons. The highest BCUT2D eigenvalue weighted by Gasteiger charge is 2.10. The molecule has 1 heterocycles. The first-order valence-electron chi connectivity index (χ1n) is 3.90. The van der Waals surface area contributed by atoms with Crippen molar-refractivity contribution in [3.63, 3.8) is 0 Å². The second kappa shape index (κ2) is 4.94. The van der Waals surface area contributed by atoms with Crippen LogP contribution in [0.5, 0.6) is 0 Å². The van der Waals surface area contributed by atoms with E-state index >= 15 is 0 Å². The average Bonchev–Trinajstić information content (AvgIpc) is 2.20. The Bertz CT molecular complexity index is 350. The van der Waals surface area contributed by atoms with E-state index in [1.54, 1.807) is 0 Å². The van der Waals surface area contributed by atoms with Gasteiger partial charge in [-0.05, 0) is 0 Å². The van der Waals surface area contributed by atoms with Crippen molar-refractivity contribution in [3.8, 4) is 0 Å². The van der Waals surface area contributed by atoms with E-state index in [2.05, 4.69) is 15.5 Å². The molecule has 0 aliphatic rings. The number of halogens is 1. The molecule has 4 N–H and O–H groups in total. The first-order chi connectivity index (χ1) is 6.69. The molecule has 0 aliphatic heterocycles. The SMILES string of the molecule is O=c1[nH]ncc(NC(CO)CO)c1Cl. The largest absolute Gasteiger partial charge is 0.394 e. The number of anilines is 1. The molecule has 0 fully saturated rings. The number of H-pyrrole nitrogens is 1. The molecule has 0 amide bonds. The van der Waals surface area contributed by atoms with Crippen LogP contribution in [0.4, 0.5) is 5.69 Å². The summed E-state index contributed by atoms with van der Waals surface area (Å²) >= 11 is 5.64. The van der Waals surface area contributed by atoms with E-state index in [0.29, 0.717) is 0 Å². The molecule has 1 aromatic rings. The highest BCUT2D eigenvalue weighted by atomic mass is 35.5. The van der Waals surface area contributed by atoms with Crippen molar-refractivity contribution in [1.82, 2.24) is 10.2 Å². The van der Waals surface area contributed by atoms with Gasteiger partial charge in [-0.15, -0.1) is 0 Å². The third kappa shape index (κ3) is 2.44. The van der Waals surface area contributed by atoms with E-state index in [0.717, 1.165) is 0 Å². The minimum absolute atomic E-state index is 0.0492. The molecular weight excluding hydrogens is 210 g/mol. The fourth-order valence-corrected chi connectivity index (χ4v) is 0.999. The number of rotatable bonds is 4. The van der Waals surface area contributed by atoms with Gasteiger partial charge in [0, 0.05) is 0 Å². The van der Waals surface area contributed by atoms with E-state index in [-0.39, 0.29) is 23.9 Å². The smallest absolute Gasteiger partial charge is 0.285 e. The standard InChI is InChI=1S/C7H10ClN3O3/c8-6-5(1-9-11-7(6)14)10-4(2-12)3-13/h1,4,12-13H,2-3H2,(H2,10,11,14). The van der Waals surface area contributed by atoms with Gasteiger partial charge in [-0.3, -0.25) is 4.79 Å². The third-order valence-corrected chi connectivity index (χ3v) is 1.97. The van der Waals surface area contributed by atoms with Crippen LogP contribution in [0.25, 0.3) is 0 Å². The van der Waals surface area contributed by atoms with Gasteiger partial charge in [-0.1, -0.05) is 11.6 Å². The van der Waals surface area contributed by atoms with Crippen LogP contribution in [0, 0.1) is 0 Å². The monoisotopic (exact) mass is 219 g/mol. The lowest BCUT2D eigenvalue weighted by atomic mass is 10.3. The second-order valence-electron chi connectivity index (χ2n) is 2.63. The Kier molecular flexibility index (Phi) is 3.87. The van der Waals surface area contributed by atoms with Crippen molar-refractivity contribution >= 4 is 17.3 Å². The van der Waals surface area contributed by atoms with Crippen molar-refractivity contribution in [2.24, 2.45) is 0 Å². The zero-order chi connectivity index (χ0) is 10.6. The molecule has 0 bridgehead atoms. The molecule has 0 spiro atoms. The zero-order valence-corrected chi connectivity index (χ0v) is 7.95. The molecular formula is C7H10ClN3O3. The Morgan fingerprint density at radius 1 is 1.57 bits per heavy atom. The zero-order valence-electron chi connectivity index (χ0n) is 7.20. The maximum Gasteiger partial charge on any atom is 0.285 e. The maximum atomic E-state index is 11.0. The maximum absolute atomic E-state index is 11.0. The van der Waals surface area contributed by atoms with Crippen LogP contribution in [0.1, 0.15) is 0 Å². The van der Waals surface area contributed by atoms with Crippen LogP contribution in [0.15, 0.2) is 11.0 Å². The topological polar surface area (TPSA) is 98.2 Å². The highest BCUT2D eigenvalue weighted by molar-refractivity contribution is 6.32. The quantitative estimate of drug-likeness (QED) is 0.531. The van der Waals surface area contributed by atoms with E-state index in [4.69, 9.17) is 21.8 Å². The normalized spacial score (nSPS) is 10.6. The number of hydrogen-bond acceptors (Lipinski definition) is 5. The van der Waals surface area contributed by atoms with Gasteiger partial charge in [0.25, 0.3) is 5.56 Å². The number of nitrogens with one attached hydrogen (secondary N) is 2. The van der Waals surface area contributed by atoms with Gasteiger partial charge in [0.05, 0.1) is 31.1 Å². The van der Waals surface area contributed by atoms with Crippen LogP contribution < -0.4 is 10.9 Å². The van der Waals surface area contributed by atoms with E-state index in [1.807, 2.05) is 0 Å². The number of aromatic amines is 1. The van der Waals surface area contributed by atoms with Crippen LogP contribution in [-0.4, -0.2) is 39.7 Å². The predicted octanol–water partition coefficient (Wildman–Crippen LogP) is -0.812. The van der Waals surface area contributed by atoms with Crippen molar-refractivity contribution < 1.29 is 10.2 Å². The Labute approximate surface area is 84.5 Å². The van der Waals surface area contributed by atoms with Crippen LogP contribution in [-0.2, 0) is 0 Å². The molecule has 0 atom stereocenters. The Morgan fingerprint density at radius 3 is 2.79 bits per heavy atom. The Hall–Kier alpha value is -1.11. The number of aliphatic hydroxyl groups excluding tert-OH is 2. The first-order valence-corrected chi connectivity index (χ1v) is 4.28. The number of nitrogens with zero attached hydrogens (tertiary/aromatic N) is 1. The summed E-state index contributed by atoms with van der Waals surface area (Å²) < 4.78 is 0. The van der Waals surface area contributed by atoms with Crippen LogP contribution in [0.3, 0.4) is 0 Å². The summed E-state index contributed by atoms with van der Waals surface area (Å²) in [5, 5.41) is 25.8. The summed E-state index contributed by atoms with van der Waals surface area (Å²) in [6.45, 7) is -0.529. The summed E-state index contributed by atoms with van der Waals surface area (Å²) in [4.78, 5) is 11.0. The number of hydrogen-bond donors (Lipinski definition) is 4. The van der Waals surface area contributed by atoms with Gasteiger partial charge in [-0.25, -0.2) is 5.10 Å². The molecule has 0 saturated heterocycles. The molecule has 0 unspecified atom stereocenters. The Morgan fingerprint density at radius 2 is 2.21 bits per heavy atom. The van der Waals surface area contributed by atoms with Gasteiger partial charge >= 0.3 is 0 Å². The lowest BCUT2D eigenvalue weighted by Gasteiger charge is -2.14. The Balaban J connectivity index is 2.86. The van der Waals surface area contributed by atoms with E-state index < -0.39 is 11.6 Å². The lowest BCUT2D eigenvalue weighted by molar-refractivity contribution is 0.204. The first kappa shape index (κ1) is 11.0. The molecule has 7 heteroatoms. The van der Waals surface area contributed by atoms with Crippen molar-refractivity contribution in [1.29, 1.82) is 0 Å². The van der Waals surface area contributed by atoms with Crippen LogP contribution >= 0.6 is 11.6 Å². The molecule has 6 nitrogen and oxygen atoms in total. The number of aliphatic hydroxyl groups is 2. The molecule has 1 rings (SSSR count). The van der Waals surface area contributed by atoms with E-state index in [1.165, 1.54) is 6.20 Å². The number of aromatic nitrogens is 2. The summed E-state index contributed by atoms with van der Waals surface area (Å²) in [6.07, 6.45) is 1.31. The van der Waals surface area contributed by atoms with Gasteiger partial charge in [0.15, 0.2) is 0 Å². The fourth-order valence-electron chi connectivity index (χ4n) is 0.853. The minimum Gasteiger partial charge on any atom is -0.394 e. The van der Waals surface area contributed by atoms with Gasteiger partial charge in [0.2, 0.25) is 0 Å². The predicted molar refractivity (Wildman–Crippen MR) is 51.5 cm³/mol. The fraction of sp³-hybridized carbons (Fsp3) is 0.429. The van der Waals surface area contributed by atoms with Gasteiger partial charge < -0.3 is 15.5 Å². The minimum atomic E-state index is -0.559. The second-order valence-corrected chi connectivity index (χ2v) is 3.01. The molecule has 0 aliphatic carbocycles. The molecule has 14 heavy (non-hydrogen) atoms. The van der Waals surface area contributed by atoms with Crippen LogP contribution in [0.2, 0.25) is 5.02 Å². The average molecular weight is 220 g/mol. The third-order valence-electron chi connectivity index (χ3n) is 1.60.